The Morgan fingerprint density at radius 1 is 0.868 bits per heavy atom. The third-order valence-corrected chi connectivity index (χ3v) is 7.43. The van der Waals surface area contributed by atoms with Gasteiger partial charge in [-0.15, -0.1) is 0 Å². The van der Waals surface area contributed by atoms with Gasteiger partial charge in [-0.05, 0) is 72.2 Å². The summed E-state index contributed by atoms with van der Waals surface area (Å²) in [4.78, 5) is 29.6. The summed E-state index contributed by atoms with van der Waals surface area (Å²) < 4.78 is 11.0. The lowest BCUT2D eigenvalue weighted by Crippen LogP contribution is -2.31. The van der Waals surface area contributed by atoms with Gasteiger partial charge in [-0.25, -0.2) is 0 Å². The smallest absolute Gasteiger partial charge is 0.256 e. The number of aryl methyl sites for hydroxylation is 1. The lowest BCUT2D eigenvalue weighted by atomic mass is 9.97. The summed E-state index contributed by atoms with van der Waals surface area (Å²) >= 11 is 0. The minimum Gasteiger partial charge on any atom is -0.493 e. The van der Waals surface area contributed by atoms with Crippen LogP contribution >= 0.6 is 0 Å². The molecule has 2 heterocycles. The number of hydrogen-bond acceptors (Lipinski definition) is 5. The average Bonchev–Trinajstić information content (AvgIpc) is 3.22. The van der Waals surface area contributed by atoms with Crippen molar-refractivity contribution >= 4 is 23.6 Å². The zero-order chi connectivity index (χ0) is 26.5. The van der Waals surface area contributed by atoms with Gasteiger partial charge in [-0.2, -0.15) is 0 Å². The lowest BCUT2D eigenvalue weighted by molar-refractivity contribution is -0.137. The minimum absolute atomic E-state index is 0.105. The number of unbranched alkanes of at least 4 members (excludes halogenated alkanes) is 1. The van der Waals surface area contributed by atoms with Crippen molar-refractivity contribution in [1.29, 1.82) is 0 Å². The predicted octanol–water partition coefficient (Wildman–Crippen LogP) is 5.43. The lowest BCUT2D eigenvalue weighted by Gasteiger charge is -2.32. The molecular weight excluding hydrogens is 476 g/mol. The van der Waals surface area contributed by atoms with Gasteiger partial charge in [0.25, 0.3) is 5.91 Å². The summed E-state index contributed by atoms with van der Waals surface area (Å²) in [6.45, 7) is 2.05. The summed E-state index contributed by atoms with van der Waals surface area (Å²) in [6.07, 6.45) is 5.64. The van der Waals surface area contributed by atoms with E-state index in [2.05, 4.69) is 35.2 Å². The molecule has 0 saturated carbocycles. The van der Waals surface area contributed by atoms with Crippen LogP contribution in [0.1, 0.15) is 41.5 Å². The Hall–Kier alpha value is -4.06. The molecule has 6 nitrogen and oxygen atoms in total. The van der Waals surface area contributed by atoms with Gasteiger partial charge in [0.2, 0.25) is 5.91 Å². The SMILES string of the molecule is COc1cc2c(cc1OC)CN(c1ccccc1/C=C1\CC(=O)N(CCCCc3ccccc3)C1=O)CC2. The van der Waals surface area contributed by atoms with Gasteiger partial charge in [0, 0.05) is 30.9 Å². The number of fused-ring (bicyclic) bond motifs is 1. The Morgan fingerprint density at radius 2 is 1.58 bits per heavy atom. The first-order chi connectivity index (χ1) is 18.6. The van der Waals surface area contributed by atoms with Gasteiger partial charge >= 0.3 is 0 Å². The number of rotatable bonds is 9. The van der Waals surface area contributed by atoms with Crippen molar-refractivity contribution in [3.8, 4) is 11.5 Å². The topological polar surface area (TPSA) is 59.1 Å². The maximum atomic E-state index is 13.2. The maximum absolute atomic E-state index is 13.2. The van der Waals surface area contributed by atoms with E-state index in [1.54, 1.807) is 14.2 Å². The highest BCUT2D eigenvalue weighted by Crippen LogP contribution is 2.36. The monoisotopic (exact) mass is 510 g/mol. The van der Waals surface area contributed by atoms with Crippen LogP contribution in [0.25, 0.3) is 6.08 Å². The molecule has 5 rings (SSSR count). The number of anilines is 1. The number of methoxy groups -OCH3 is 2. The fourth-order valence-corrected chi connectivity index (χ4v) is 5.38. The highest BCUT2D eigenvalue weighted by atomic mass is 16.5. The van der Waals surface area contributed by atoms with Crippen LogP contribution in [0.2, 0.25) is 0 Å². The van der Waals surface area contributed by atoms with Crippen LogP contribution < -0.4 is 14.4 Å². The molecule has 6 heteroatoms. The first-order valence-electron chi connectivity index (χ1n) is 13.2. The Bertz CT molecular complexity index is 1350. The van der Waals surface area contributed by atoms with E-state index in [0.29, 0.717) is 12.1 Å². The number of amides is 2. The van der Waals surface area contributed by atoms with Crippen LogP contribution in [-0.2, 0) is 29.0 Å². The highest BCUT2D eigenvalue weighted by molar-refractivity contribution is 6.15. The van der Waals surface area contributed by atoms with Crippen molar-refractivity contribution in [3.63, 3.8) is 0 Å². The third kappa shape index (κ3) is 5.44. The molecule has 0 aromatic heterocycles. The summed E-state index contributed by atoms with van der Waals surface area (Å²) in [5.74, 6) is 1.21. The van der Waals surface area contributed by atoms with Gasteiger partial charge in [0.05, 0.1) is 20.6 Å². The first-order valence-corrected chi connectivity index (χ1v) is 13.2. The number of benzene rings is 3. The van der Waals surface area contributed by atoms with Gasteiger partial charge in [0.15, 0.2) is 11.5 Å². The molecule has 0 aliphatic carbocycles. The predicted molar refractivity (Wildman–Crippen MR) is 149 cm³/mol. The molecule has 0 spiro atoms. The first kappa shape index (κ1) is 25.6. The Morgan fingerprint density at radius 3 is 2.34 bits per heavy atom. The number of para-hydroxylation sites is 1. The van der Waals surface area contributed by atoms with Gasteiger partial charge in [-0.1, -0.05) is 48.5 Å². The van der Waals surface area contributed by atoms with Gasteiger partial charge < -0.3 is 14.4 Å². The largest absolute Gasteiger partial charge is 0.493 e. The van der Waals surface area contributed by atoms with Gasteiger partial charge in [0.1, 0.15) is 0 Å². The second-order valence-corrected chi connectivity index (χ2v) is 9.85. The van der Waals surface area contributed by atoms with Crippen LogP contribution in [0.4, 0.5) is 5.69 Å². The van der Waals surface area contributed by atoms with Crippen LogP contribution in [0.3, 0.4) is 0 Å². The average molecular weight is 511 g/mol. The van der Waals surface area contributed by atoms with Crippen LogP contribution in [0.5, 0.6) is 11.5 Å². The number of carbonyl (C=O) groups is 2. The number of imide groups is 1. The van der Waals surface area contributed by atoms with Crippen molar-refractivity contribution in [2.45, 2.75) is 38.6 Å². The van der Waals surface area contributed by atoms with Crippen LogP contribution in [-0.4, -0.2) is 44.0 Å². The number of carbonyl (C=O) groups excluding carboxylic acids is 2. The Kier molecular flexibility index (Phi) is 7.78. The van der Waals surface area contributed by atoms with Crippen LogP contribution in [0, 0.1) is 0 Å². The molecule has 2 aliphatic rings. The minimum atomic E-state index is -0.162. The molecule has 2 aliphatic heterocycles. The number of nitrogens with zero attached hydrogens (tertiary/aromatic N) is 2. The normalized spacial score (nSPS) is 16.2. The van der Waals surface area contributed by atoms with Crippen molar-refractivity contribution in [3.05, 3.63) is 94.6 Å². The Labute approximate surface area is 224 Å². The molecule has 2 amide bonds. The fraction of sp³-hybridized carbons (Fsp3) is 0.312. The van der Waals surface area contributed by atoms with E-state index in [-0.39, 0.29) is 18.2 Å². The zero-order valence-corrected chi connectivity index (χ0v) is 22.1. The summed E-state index contributed by atoms with van der Waals surface area (Å²) in [7, 11) is 3.31. The maximum Gasteiger partial charge on any atom is 0.256 e. The number of hydrogen-bond donors (Lipinski definition) is 0. The summed E-state index contributed by atoms with van der Waals surface area (Å²) in [6, 6.07) is 22.5. The molecule has 0 unspecified atom stereocenters. The van der Waals surface area contributed by atoms with E-state index < -0.39 is 0 Å². The van der Waals surface area contributed by atoms with Gasteiger partial charge in [-0.3, -0.25) is 14.5 Å². The summed E-state index contributed by atoms with van der Waals surface area (Å²) in [5.41, 5.74) is 6.32. The molecule has 0 N–H and O–H groups in total. The molecule has 0 radical (unpaired) electrons. The van der Waals surface area contributed by atoms with Crippen LogP contribution in [0.15, 0.2) is 72.3 Å². The molecule has 3 aromatic rings. The zero-order valence-electron chi connectivity index (χ0n) is 22.1. The molecule has 0 atom stereocenters. The van der Waals surface area contributed by atoms with Crippen molar-refractivity contribution in [1.82, 2.24) is 4.90 Å². The second-order valence-electron chi connectivity index (χ2n) is 9.85. The number of ether oxygens (including phenoxy) is 2. The van der Waals surface area contributed by atoms with E-state index in [1.165, 1.54) is 21.6 Å². The van der Waals surface area contributed by atoms with Crippen molar-refractivity contribution in [2.24, 2.45) is 0 Å². The molecule has 3 aromatic carbocycles. The molecule has 0 bridgehead atoms. The van der Waals surface area contributed by atoms with E-state index >= 15 is 0 Å². The molecule has 196 valence electrons. The van der Waals surface area contributed by atoms with Crippen molar-refractivity contribution in [2.75, 3.05) is 32.2 Å². The Balaban J connectivity index is 1.28. The molecule has 1 fully saturated rings. The summed E-state index contributed by atoms with van der Waals surface area (Å²) in [5, 5.41) is 0. The van der Waals surface area contributed by atoms with Crippen molar-refractivity contribution < 1.29 is 19.1 Å². The highest BCUT2D eigenvalue weighted by Gasteiger charge is 2.33. The molecule has 1 saturated heterocycles. The second kappa shape index (κ2) is 11.5. The molecule has 38 heavy (non-hydrogen) atoms. The molecular formula is C32H34N2O4. The van der Waals surface area contributed by atoms with E-state index in [4.69, 9.17) is 9.47 Å². The van der Waals surface area contributed by atoms with E-state index in [9.17, 15) is 9.59 Å². The quantitative estimate of drug-likeness (QED) is 0.218. The standard InChI is InChI=1S/C32H34N2O4/c1-37-29-19-24-15-17-33(22-27(24)20-30(29)38-2)28-14-7-6-13-25(28)18-26-21-31(35)34(32(26)36)16-9-8-12-23-10-4-3-5-11-23/h3-7,10-11,13-14,18-20H,8-9,12,15-17,21-22H2,1-2H3/b26-18+. The van der Waals surface area contributed by atoms with E-state index in [1.807, 2.05) is 42.5 Å². The van der Waals surface area contributed by atoms with E-state index in [0.717, 1.165) is 61.5 Å². The third-order valence-electron chi connectivity index (χ3n) is 7.43. The number of likely N-dealkylation sites (tertiary alicyclic amines) is 1. The fourth-order valence-electron chi connectivity index (χ4n) is 5.38.